The maximum Gasteiger partial charge on any atom is 0.0965 e. The van der Waals surface area contributed by atoms with Gasteiger partial charge in [-0.05, 0) is 50.6 Å². The van der Waals surface area contributed by atoms with Crippen molar-refractivity contribution >= 4 is 11.5 Å². The summed E-state index contributed by atoms with van der Waals surface area (Å²) in [7, 11) is 2.18. The molecule has 1 saturated heterocycles. The first-order valence-corrected chi connectivity index (χ1v) is 7.77. The molecule has 0 aliphatic carbocycles. The smallest absolute Gasteiger partial charge is 0.0965 e. The lowest BCUT2D eigenvalue weighted by molar-refractivity contribution is 0.233. The average molecular weight is 292 g/mol. The third-order valence-electron chi connectivity index (χ3n) is 3.69. The van der Waals surface area contributed by atoms with Crippen molar-refractivity contribution < 1.29 is 0 Å². The van der Waals surface area contributed by atoms with Crippen LogP contribution in [0.5, 0.6) is 0 Å². The molecule has 0 amide bonds. The van der Waals surface area contributed by atoms with Crippen LogP contribution in [0.3, 0.4) is 0 Å². The van der Waals surface area contributed by atoms with E-state index in [2.05, 4.69) is 31.9 Å². The van der Waals surface area contributed by atoms with E-state index in [1.54, 1.807) is 0 Å². The summed E-state index contributed by atoms with van der Waals surface area (Å²) in [6, 6.07) is 2.63. The van der Waals surface area contributed by atoms with Crippen LogP contribution in [0.1, 0.15) is 23.4 Å². The maximum absolute atomic E-state index is 4.22. The van der Waals surface area contributed by atoms with Gasteiger partial charge in [-0.15, -0.1) is 5.10 Å². The van der Waals surface area contributed by atoms with Gasteiger partial charge in [0.1, 0.15) is 0 Å². The molecule has 1 fully saturated rings. The SMILES string of the molecule is CN1CCC(NCc2cn(Cc3ccns3)nn2)CC1. The standard InChI is InChI=1S/C13H20N6S/c1-18-6-3-11(4-7-18)14-8-12-9-19(17-16-12)10-13-2-5-15-20-13/h2,5,9,11,14H,3-4,6-8,10H2,1H3. The highest BCUT2D eigenvalue weighted by Gasteiger charge is 2.16. The van der Waals surface area contributed by atoms with Crippen LogP contribution in [0.15, 0.2) is 18.5 Å². The molecule has 3 rings (SSSR count). The lowest BCUT2D eigenvalue weighted by Gasteiger charge is -2.29. The lowest BCUT2D eigenvalue weighted by atomic mass is 10.1. The summed E-state index contributed by atoms with van der Waals surface area (Å²) >= 11 is 1.50. The Hall–Kier alpha value is -1.31. The number of likely N-dealkylation sites (tertiary alicyclic amines) is 1. The van der Waals surface area contributed by atoms with E-state index in [9.17, 15) is 0 Å². The molecule has 3 heterocycles. The molecule has 0 spiro atoms. The Balaban J connectivity index is 1.47. The topological polar surface area (TPSA) is 58.9 Å². The molecular formula is C13H20N6S. The van der Waals surface area contributed by atoms with E-state index in [0.717, 1.165) is 18.8 Å². The van der Waals surface area contributed by atoms with Crippen LogP contribution < -0.4 is 5.32 Å². The van der Waals surface area contributed by atoms with E-state index >= 15 is 0 Å². The Morgan fingerprint density at radius 2 is 2.25 bits per heavy atom. The number of piperidine rings is 1. The minimum absolute atomic E-state index is 0.609. The molecule has 0 atom stereocenters. The van der Waals surface area contributed by atoms with Crippen molar-refractivity contribution in [2.24, 2.45) is 0 Å². The predicted octanol–water partition coefficient (Wildman–Crippen LogP) is 0.967. The molecule has 6 nitrogen and oxygen atoms in total. The highest BCUT2D eigenvalue weighted by molar-refractivity contribution is 7.05. The van der Waals surface area contributed by atoms with Gasteiger partial charge in [-0.1, -0.05) is 5.21 Å². The van der Waals surface area contributed by atoms with E-state index in [4.69, 9.17) is 0 Å². The molecule has 20 heavy (non-hydrogen) atoms. The molecule has 108 valence electrons. The monoisotopic (exact) mass is 292 g/mol. The summed E-state index contributed by atoms with van der Waals surface area (Å²) < 4.78 is 5.97. The average Bonchev–Trinajstić information content (AvgIpc) is 3.11. The zero-order valence-corrected chi connectivity index (χ0v) is 12.5. The zero-order valence-electron chi connectivity index (χ0n) is 11.7. The predicted molar refractivity (Wildman–Crippen MR) is 78.6 cm³/mol. The van der Waals surface area contributed by atoms with Gasteiger partial charge in [0.05, 0.1) is 18.4 Å². The normalized spacial score (nSPS) is 17.6. The van der Waals surface area contributed by atoms with Crippen LogP contribution in [0.25, 0.3) is 0 Å². The molecule has 0 aromatic carbocycles. The summed E-state index contributed by atoms with van der Waals surface area (Å²) in [5.74, 6) is 0. The van der Waals surface area contributed by atoms with Gasteiger partial charge in [-0.25, -0.2) is 9.06 Å². The second-order valence-corrected chi connectivity index (χ2v) is 6.26. The molecule has 1 aliphatic rings. The molecule has 7 heteroatoms. The van der Waals surface area contributed by atoms with Gasteiger partial charge in [-0.3, -0.25) is 0 Å². The van der Waals surface area contributed by atoms with Crippen molar-refractivity contribution in [2.45, 2.75) is 32.0 Å². The van der Waals surface area contributed by atoms with E-state index in [0.29, 0.717) is 6.04 Å². The van der Waals surface area contributed by atoms with Crippen LogP contribution in [0, 0.1) is 0 Å². The summed E-state index contributed by atoms with van der Waals surface area (Å²) in [5, 5.41) is 12.0. The van der Waals surface area contributed by atoms with E-state index in [1.165, 1.54) is 42.3 Å². The Kier molecular flexibility index (Phi) is 4.39. The van der Waals surface area contributed by atoms with Gasteiger partial charge in [0.15, 0.2) is 0 Å². The number of aromatic nitrogens is 4. The molecule has 0 radical (unpaired) electrons. The van der Waals surface area contributed by atoms with Crippen molar-refractivity contribution in [3.63, 3.8) is 0 Å². The molecule has 2 aromatic rings. The second kappa shape index (κ2) is 6.43. The van der Waals surface area contributed by atoms with Crippen molar-refractivity contribution in [1.82, 2.24) is 29.6 Å². The van der Waals surface area contributed by atoms with Gasteiger partial charge >= 0.3 is 0 Å². The minimum atomic E-state index is 0.609. The molecule has 0 bridgehead atoms. The summed E-state index contributed by atoms with van der Waals surface area (Å²) in [6.45, 7) is 3.91. The largest absolute Gasteiger partial charge is 0.308 e. The highest BCUT2D eigenvalue weighted by Crippen LogP contribution is 2.09. The van der Waals surface area contributed by atoms with Crippen LogP contribution in [-0.4, -0.2) is 50.4 Å². The fraction of sp³-hybridized carbons (Fsp3) is 0.615. The van der Waals surface area contributed by atoms with Crippen molar-refractivity contribution in [3.8, 4) is 0 Å². The Labute approximate surface area is 123 Å². The van der Waals surface area contributed by atoms with Crippen LogP contribution in [0.4, 0.5) is 0 Å². The first-order chi connectivity index (χ1) is 9.79. The summed E-state index contributed by atoms with van der Waals surface area (Å²) in [5.41, 5.74) is 1.01. The Bertz CT molecular complexity index is 515. The van der Waals surface area contributed by atoms with Crippen LogP contribution >= 0.6 is 11.5 Å². The van der Waals surface area contributed by atoms with Crippen molar-refractivity contribution in [3.05, 3.63) is 29.0 Å². The van der Waals surface area contributed by atoms with Crippen LogP contribution in [-0.2, 0) is 13.1 Å². The van der Waals surface area contributed by atoms with Gasteiger partial charge in [0.2, 0.25) is 0 Å². The van der Waals surface area contributed by atoms with Gasteiger partial charge < -0.3 is 10.2 Å². The van der Waals surface area contributed by atoms with Crippen LogP contribution in [0.2, 0.25) is 0 Å². The first-order valence-electron chi connectivity index (χ1n) is 7.00. The molecule has 0 unspecified atom stereocenters. The molecule has 1 aliphatic heterocycles. The molecule has 1 N–H and O–H groups in total. The lowest BCUT2D eigenvalue weighted by Crippen LogP contribution is -2.40. The Morgan fingerprint density at radius 3 is 3.00 bits per heavy atom. The number of nitrogens with one attached hydrogen (secondary N) is 1. The minimum Gasteiger partial charge on any atom is -0.308 e. The fourth-order valence-corrected chi connectivity index (χ4v) is 3.01. The van der Waals surface area contributed by atoms with E-state index in [-0.39, 0.29) is 0 Å². The molecule has 2 aromatic heterocycles. The first kappa shape index (κ1) is 13.7. The summed E-state index contributed by atoms with van der Waals surface area (Å²) in [4.78, 5) is 3.58. The zero-order chi connectivity index (χ0) is 13.8. The summed E-state index contributed by atoms with van der Waals surface area (Å²) in [6.07, 6.45) is 6.26. The van der Waals surface area contributed by atoms with Crippen molar-refractivity contribution in [2.75, 3.05) is 20.1 Å². The van der Waals surface area contributed by atoms with E-state index < -0.39 is 0 Å². The van der Waals surface area contributed by atoms with E-state index in [1.807, 2.05) is 23.1 Å². The van der Waals surface area contributed by atoms with Crippen molar-refractivity contribution in [1.29, 1.82) is 0 Å². The quantitative estimate of drug-likeness (QED) is 0.890. The number of hydrogen-bond acceptors (Lipinski definition) is 6. The second-order valence-electron chi connectivity index (χ2n) is 5.34. The van der Waals surface area contributed by atoms with Gasteiger partial charge in [0, 0.05) is 23.7 Å². The van der Waals surface area contributed by atoms with Gasteiger partial charge in [-0.2, -0.15) is 0 Å². The third-order valence-corrected chi connectivity index (χ3v) is 4.41. The number of nitrogens with zero attached hydrogens (tertiary/aromatic N) is 5. The Morgan fingerprint density at radius 1 is 1.40 bits per heavy atom. The molecule has 0 saturated carbocycles. The number of rotatable bonds is 5. The third kappa shape index (κ3) is 3.62. The van der Waals surface area contributed by atoms with Gasteiger partial charge in [0.25, 0.3) is 0 Å². The molecular weight excluding hydrogens is 272 g/mol. The number of hydrogen-bond donors (Lipinski definition) is 1. The fourth-order valence-electron chi connectivity index (χ4n) is 2.44. The highest BCUT2D eigenvalue weighted by atomic mass is 32.1. The maximum atomic E-state index is 4.22.